The number of nitrogens with zero attached hydrogens (tertiary/aromatic N) is 1. The summed E-state index contributed by atoms with van der Waals surface area (Å²) in [7, 11) is 0. The quantitative estimate of drug-likeness (QED) is 0.792. The molecule has 0 aromatic carbocycles. The van der Waals surface area contributed by atoms with Crippen molar-refractivity contribution in [3.63, 3.8) is 0 Å². The maximum Gasteiger partial charge on any atom is 0.354 e. The van der Waals surface area contributed by atoms with Crippen LogP contribution in [0.3, 0.4) is 0 Å². The van der Waals surface area contributed by atoms with Crippen molar-refractivity contribution in [2.24, 2.45) is 5.41 Å². The van der Waals surface area contributed by atoms with Crippen LogP contribution in [-0.4, -0.2) is 28.1 Å². The SMILES string of the molecule is CC1(C)CCC(NC(=O)NCc2ccc(C(=O)O)nc2)C1. The molecule has 1 atom stereocenters. The molecule has 1 aromatic rings. The van der Waals surface area contributed by atoms with Gasteiger partial charge in [0.15, 0.2) is 0 Å². The fraction of sp³-hybridized carbons (Fsp3) is 0.533. The zero-order valence-electron chi connectivity index (χ0n) is 12.3. The predicted octanol–water partition coefficient (Wildman–Crippen LogP) is 2.16. The first-order valence-electron chi connectivity index (χ1n) is 7.08. The summed E-state index contributed by atoms with van der Waals surface area (Å²) in [6.45, 7) is 4.75. The highest BCUT2D eigenvalue weighted by atomic mass is 16.4. The predicted molar refractivity (Wildman–Crippen MR) is 78.0 cm³/mol. The van der Waals surface area contributed by atoms with Crippen LogP contribution in [0.1, 0.15) is 49.2 Å². The minimum Gasteiger partial charge on any atom is -0.477 e. The van der Waals surface area contributed by atoms with Crippen molar-refractivity contribution in [2.75, 3.05) is 0 Å². The van der Waals surface area contributed by atoms with Crippen LogP contribution >= 0.6 is 0 Å². The van der Waals surface area contributed by atoms with Gasteiger partial charge in [0.1, 0.15) is 5.69 Å². The van der Waals surface area contributed by atoms with Gasteiger partial charge in [0.2, 0.25) is 0 Å². The van der Waals surface area contributed by atoms with Crippen LogP contribution in [0.15, 0.2) is 18.3 Å². The van der Waals surface area contributed by atoms with E-state index in [1.165, 1.54) is 12.3 Å². The number of carbonyl (C=O) groups excluding carboxylic acids is 1. The number of urea groups is 1. The first-order chi connectivity index (χ1) is 9.85. The van der Waals surface area contributed by atoms with E-state index in [0.29, 0.717) is 12.0 Å². The lowest BCUT2D eigenvalue weighted by Gasteiger charge is -2.18. The lowest BCUT2D eigenvalue weighted by molar-refractivity contribution is 0.0690. The van der Waals surface area contributed by atoms with E-state index in [9.17, 15) is 9.59 Å². The van der Waals surface area contributed by atoms with Crippen LogP contribution in [0.25, 0.3) is 0 Å². The monoisotopic (exact) mass is 291 g/mol. The molecule has 0 saturated heterocycles. The highest BCUT2D eigenvalue weighted by molar-refractivity contribution is 5.85. The minimum atomic E-state index is -1.06. The van der Waals surface area contributed by atoms with Crippen LogP contribution in [0.5, 0.6) is 0 Å². The van der Waals surface area contributed by atoms with E-state index < -0.39 is 5.97 Å². The Morgan fingerprint density at radius 1 is 1.43 bits per heavy atom. The van der Waals surface area contributed by atoms with Gasteiger partial charge in [0.05, 0.1) is 0 Å². The fourth-order valence-corrected chi connectivity index (χ4v) is 2.63. The van der Waals surface area contributed by atoms with E-state index >= 15 is 0 Å². The molecule has 0 radical (unpaired) electrons. The van der Waals surface area contributed by atoms with E-state index in [4.69, 9.17) is 5.11 Å². The molecule has 114 valence electrons. The number of pyridine rings is 1. The van der Waals surface area contributed by atoms with Crippen molar-refractivity contribution in [1.82, 2.24) is 15.6 Å². The number of hydrogen-bond acceptors (Lipinski definition) is 3. The first kappa shape index (κ1) is 15.3. The molecule has 0 aliphatic heterocycles. The largest absolute Gasteiger partial charge is 0.477 e. The van der Waals surface area contributed by atoms with Gasteiger partial charge < -0.3 is 15.7 Å². The standard InChI is InChI=1S/C15H21N3O3/c1-15(2)6-5-11(7-15)18-14(21)17-9-10-3-4-12(13(19)20)16-8-10/h3-4,8,11H,5-7,9H2,1-2H3,(H,19,20)(H2,17,18,21). The molecular weight excluding hydrogens is 270 g/mol. The second kappa shape index (κ2) is 6.11. The van der Waals surface area contributed by atoms with Gasteiger partial charge in [-0.2, -0.15) is 0 Å². The van der Waals surface area contributed by atoms with Gasteiger partial charge in [0.25, 0.3) is 0 Å². The number of amides is 2. The van der Waals surface area contributed by atoms with Crippen LogP contribution in [0, 0.1) is 5.41 Å². The second-order valence-electron chi connectivity index (χ2n) is 6.29. The molecule has 1 fully saturated rings. The van der Waals surface area contributed by atoms with Gasteiger partial charge in [-0.3, -0.25) is 0 Å². The van der Waals surface area contributed by atoms with Crippen molar-refractivity contribution >= 4 is 12.0 Å². The molecule has 2 rings (SSSR count). The summed E-state index contributed by atoms with van der Waals surface area (Å²) < 4.78 is 0. The molecule has 1 saturated carbocycles. The third-order valence-electron chi connectivity index (χ3n) is 3.80. The third kappa shape index (κ3) is 4.44. The van der Waals surface area contributed by atoms with Gasteiger partial charge in [0, 0.05) is 18.8 Å². The lowest BCUT2D eigenvalue weighted by atomic mass is 9.92. The number of nitrogens with one attached hydrogen (secondary N) is 2. The molecule has 0 bridgehead atoms. The van der Waals surface area contributed by atoms with Crippen molar-refractivity contribution in [2.45, 2.75) is 45.7 Å². The third-order valence-corrected chi connectivity index (χ3v) is 3.80. The summed E-state index contributed by atoms with van der Waals surface area (Å²) in [5.74, 6) is -1.06. The maximum absolute atomic E-state index is 11.8. The molecule has 3 N–H and O–H groups in total. The molecule has 1 aliphatic carbocycles. The Balaban J connectivity index is 1.77. The summed E-state index contributed by atoms with van der Waals surface area (Å²) in [5.41, 5.74) is 1.06. The van der Waals surface area contributed by atoms with Crippen molar-refractivity contribution in [3.05, 3.63) is 29.6 Å². The molecule has 1 unspecified atom stereocenters. The molecule has 21 heavy (non-hydrogen) atoms. The summed E-state index contributed by atoms with van der Waals surface area (Å²) in [5, 5.41) is 14.5. The number of carboxylic acid groups (broad SMARTS) is 1. The molecular formula is C15H21N3O3. The van der Waals surface area contributed by atoms with Crippen LogP contribution in [0.4, 0.5) is 4.79 Å². The lowest BCUT2D eigenvalue weighted by Crippen LogP contribution is -2.41. The Hall–Kier alpha value is -2.11. The average molecular weight is 291 g/mol. The molecule has 1 aromatic heterocycles. The number of carboxylic acids is 1. The van der Waals surface area contributed by atoms with Crippen molar-refractivity contribution in [1.29, 1.82) is 0 Å². The highest BCUT2D eigenvalue weighted by Crippen LogP contribution is 2.36. The minimum absolute atomic E-state index is 0.00334. The van der Waals surface area contributed by atoms with Gasteiger partial charge in [-0.25, -0.2) is 14.6 Å². The summed E-state index contributed by atoms with van der Waals surface area (Å²) in [6.07, 6.45) is 4.59. The van der Waals surface area contributed by atoms with Crippen LogP contribution in [-0.2, 0) is 6.54 Å². The van der Waals surface area contributed by atoms with Gasteiger partial charge in [-0.05, 0) is 36.3 Å². The van der Waals surface area contributed by atoms with Gasteiger partial charge >= 0.3 is 12.0 Å². The Morgan fingerprint density at radius 2 is 2.19 bits per heavy atom. The average Bonchev–Trinajstić information content (AvgIpc) is 2.76. The number of rotatable bonds is 4. The fourth-order valence-electron chi connectivity index (χ4n) is 2.63. The normalized spacial score (nSPS) is 20.0. The van der Waals surface area contributed by atoms with E-state index in [2.05, 4.69) is 29.5 Å². The van der Waals surface area contributed by atoms with E-state index in [-0.39, 0.29) is 17.8 Å². The van der Waals surface area contributed by atoms with E-state index in [1.54, 1.807) is 6.07 Å². The van der Waals surface area contributed by atoms with Crippen LogP contribution < -0.4 is 10.6 Å². The summed E-state index contributed by atoms with van der Waals surface area (Å²) in [6, 6.07) is 3.11. The second-order valence-corrected chi connectivity index (χ2v) is 6.29. The number of hydrogen-bond donors (Lipinski definition) is 3. The zero-order chi connectivity index (χ0) is 15.5. The number of aromatic carboxylic acids is 1. The topological polar surface area (TPSA) is 91.3 Å². The van der Waals surface area contributed by atoms with Gasteiger partial charge in [-0.15, -0.1) is 0 Å². The van der Waals surface area contributed by atoms with E-state index in [0.717, 1.165) is 24.8 Å². The maximum atomic E-state index is 11.8. The molecule has 1 aliphatic rings. The Labute approximate surface area is 124 Å². The van der Waals surface area contributed by atoms with E-state index in [1.807, 2.05) is 0 Å². The summed E-state index contributed by atoms with van der Waals surface area (Å²) >= 11 is 0. The molecule has 0 spiro atoms. The van der Waals surface area contributed by atoms with Crippen molar-refractivity contribution in [3.8, 4) is 0 Å². The molecule has 2 amide bonds. The Morgan fingerprint density at radius 3 is 2.71 bits per heavy atom. The molecule has 6 heteroatoms. The Kier molecular flexibility index (Phi) is 4.45. The highest BCUT2D eigenvalue weighted by Gasteiger charge is 2.31. The number of aromatic nitrogens is 1. The van der Waals surface area contributed by atoms with Crippen molar-refractivity contribution < 1.29 is 14.7 Å². The van der Waals surface area contributed by atoms with Crippen LogP contribution in [0.2, 0.25) is 0 Å². The molecule has 1 heterocycles. The summed E-state index contributed by atoms with van der Waals surface area (Å²) in [4.78, 5) is 26.3. The number of carbonyl (C=O) groups is 2. The molecule has 6 nitrogen and oxygen atoms in total. The van der Waals surface area contributed by atoms with Gasteiger partial charge in [-0.1, -0.05) is 19.9 Å². The first-order valence-corrected chi connectivity index (χ1v) is 7.08. The Bertz CT molecular complexity index is 525. The zero-order valence-corrected chi connectivity index (χ0v) is 12.3. The smallest absolute Gasteiger partial charge is 0.354 e.